The first-order chi connectivity index (χ1) is 14.9. The highest BCUT2D eigenvalue weighted by molar-refractivity contribution is 6.30. The van der Waals surface area contributed by atoms with Crippen molar-refractivity contribution in [1.82, 2.24) is 5.32 Å². The van der Waals surface area contributed by atoms with Crippen LogP contribution < -0.4 is 23.0 Å². The third-order valence-electron chi connectivity index (χ3n) is 6.42. The van der Waals surface area contributed by atoms with Crippen molar-refractivity contribution in [3.8, 4) is 6.07 Å². The minimum atomic E-state index is -0.720. The molecule has 0 unspecified atom stereocenters. The number of hydrogen-bond acceptors (Lipinski definition) is 3. The molecule has 2 aromatic rings. The van der Waals surface area contributed by atoms with Gasteiger partial charge in [-0.15, -0.1) is 0 Å². The van der Waals surface area contributed by atoms with Gasteiger partial charge in [0.25, 0.3) is 0 Å². The lowest BCUT2D eigenvalue weighted by Crippen LogP contribution is -3.00. The summed E-state index contributed by atoms with van der Waals surface area (Å²) in [6, 6.07) is 17.3. The van der Waals surface area contributed by atoms with E-state index in [1.165, 1.54) is 0 Å². The zero-order valence-electron chi connectivity index (χ0n) is 17.8. The maximum atomic E-state index is 11.5. The number of nitrogens with two attached hydrogens (primary N) is 1. The number of nitriles is 1. The highest BCUT2D eigenvalue weighted by atomic mass is 35.5. The number of quaternary nitrogens is 1. The quantitative estimate of drug-likeness (QED) is 0.578. The Balaban J connectivity index is 0.000000220. The summed E-state index contributed by atoms with van der Waals surface area (Å²) in [4.78, 5) is 11.5. The fourth-order valence-corrected chi connectivity index (χ4v) is 4.70. The Kier molecular flexibility index (Phi) is 9.82. The lowest BCUT2D eigenvalue weighted by molar-refractivity contribution is -0.664. The molecular formula is C24H28Cl3N3O2. The summed E-state index contributed by atoms with van der Waals surface area (Å²) in [6.45, 7) is 3.57. The first-order valence-corrected chi connectivity index (χ1v) is 11.4. The van der Waals surface area contributed by atoms with Gasteiger partial charge in [0, 0.05) is 22.9 Å². The Hall–Kier alpha value is -1.81. The van der Waals surface area contributed by atoms with Crippen LogP contribution in [0.5, 0.6) is 0 Å². The van der Waals surface area contributed by atoms with E-state index in [0.29, 0.717) is 17.9 Å². The number of rotatable bonds is 3. The van der Waals surface area contributed by atoms with E-state index in [1.54, 1.807) is 12.1 Å². The molecule has 32 heavy (non-hydrogen) atoms. The SMILES string of the molecule is N#CC1(c2ccc(Cl)cc2)CCNCC1.O=C(O)C1(c2ccc(Cl)cc2)CC[NH2+]CC1.[Cl-]. The van der Waals surface area contributed by atoms with Crippen LogP contribution in [0.15, 0.2) is 48.5 Å². The molecule has 2 aliphatic rings. The smallest absolute Gasteiger partial charge is 0.314 e. The molecule has 4 N–H and O–H groups in total. The largest absolute Gasteiger partial charge is 1.00 e. The van der Waals surface area contributed by atoms with Gasteiger partial charge < -0.3 is 28.1 Å². The Morgan fingerprint density at radius 2 is 1.38 bits per heavy atom. The van der Waals surface area contributed by atoms with Crippen LogP contribution in [0.4, 0.5) is 0 Å². The molecule has 5 nitrogen and oxygen atoms in total. The van der Waals surface area contributed by atoms with Gasteiger partial charge in [0.1, 0.15) is 5.41 Å². The van der Waals surface area contributed by atoms with Gasteiger partial charge in [0.2, 0.25) is 0 Å². The van der Waals surface area contributed by atoms with Crippen LogP contribution in [-0.2, 0) is 15.6 Å². The second-order valence-electron chi connectivity index (χ2n) is 8.21. The van der Waals surface area contributed by atoms with E-state index < -0.39 is 11.4 Å². The zero-order chi connectivity index (χ0) is 22.3. The van der Waals surface area contributed by atoms with E-state index in [0.717, 1.165) is 55.2 Å². The van der Waals surface area contributed by atoms with Crippen LogP contribution in [0.3, 0.4) is 0 Å². The summed E-state index contributed by atoms with van der Waals surface area (Å²) in [7, 11) is 0. The molecule has 2 saturated heterocycles. The fraction of sp³-hybridized carbons (Fsp3) is 0.417. The molecule has 8 heteroatoms. The average Bonchev–Trinajstić information content (AvgIpc) is 2.81. The number of hydrogen-bond donors (Lipinski definition) is 3. The van der Waals surface area contributed by atoms with Crippen molar-refractivity contribution in [2.24, 2.45) is 0 Å². The Morgan fingerprint density at radius 3 is 1.81 bits per heavy atom. The summed E-state index contributed by atoms with van der Waals surface area (Å²) < 4.78 is 0. The zero-order valence-corrected chi connectivity index (χ0v) is 20.1. The molecule has 2 fully saturated rings. The van der Waals surface area contributed by atoms with Crippen LogP contribution in [0, 0.1) is 11.3 Å². The van der Waals surface area contributed by atoms with Crippen molar-refractivity contribution >= 4 is 29.2 Å². The summed E-state index contributed by atoms with van der Waals surface area (Å²) in [5.41, 5.74) is 0.947. The molecule has 2 heterocycles. The highest BCUT2D eigenvalue weighted by Crippen LogP contribution is 2.34. The number of carbonyl (C=O) groups is 1. The second-order valence-corrected chi connectivity index (χ2v) is 9.08. The van der Waals surface area contributed by atoms with Gasteiger partial charge in [0.05, 0.1) is 24.6 Å². The van der Waals surface area contributed by atoms with Gasteiger partial charge >= 0.3 is 5.97 Å². The molecule has 2 aromatic carbocycles. The lowest BCUT2D eigenvalue weighted by atomic mass is 9.73. The standard InChI is InChI=1S/C12H13ClN2.C12H14ClNO2.ClH/c13-11-3-1-10(2-4-11)12(9-14)5-7-15-8-6-12;13-10-3-1-9(2-4-10)12(11(15)16)5-7-14-8-6-12;/h1-4,15H,5-8H2;1-4,14H,5-8H2,(H,15,16);1H. The summed E-state index contributed by atoms with van der Waals surface area (Å²) >= 11 is 11.7. The molecule has 0 radical (unpaired) electrons. The predicted octanol–water partition coefficient (Wildman–Crippen LogP) is 0.508. The third kappa shape index (κ3) is 5.95. The van der Waals surface area contributed by atoms with Crippen molar-refractivity contribution in [1.29, 1.82) is 5.26 Å². The van der Waals surface area contributed by atoms with Gasteiger partial charge in [0.15, 0.2) is 0 Å². The van der Waals surface area contributed by atoms with Crippen molar-refractivity contribution in [3.05, 3.63) is 69.7 Å². The Bertz CT molecular complexity index is 915. The summed E-state index contributed by atoms with van der Waals surface area (Å²) in [6.07, 6.45) is 3.13. The normalized spacial score (nSPS) is 18.8. The topological polar surface area (TPSA) is 89.7 Å². The van der Waals surface area contributed by atoms with E-state index in [9.17, 15) is 15.2 Å². The number of aliphatic carboxylic acids is 1. The van der Waals surface area contributed by atoms with Crippen LogP contribution in [0.1, 0.15) is 36.8 Å². The molecule has 0 bridgehead atoms. The van der Waals surface area contributed by atoms with Crippen LogP contribution in [-0.4, -0.2) is 37.3 Å². The first kappa shape index (κ1) is 26.4. The molecule has 0 aliphatic carbocycles. The van der Waals surface area contributed by atoms with Crippen LogP contribution in [0.2, 0.25) is 10.0 Å². The summed E-state index contributed by atoms with van der Waals surface area (Å²) in [5, 5.41) is 25.6. The number of nitrogens with zero attached hydrogens (tertiary/aromatic N) is 1. The minimum Gasteiger partial charge on any atom is -1.00 e. The van der Waals surface area contributed by atoms with Crippen LogP contribution >= 0.6 is 23.2 Å². The number of carboxylic acids is 1. The molecular weight excluding hydrogens is 469 g/mol. The maximum Gasteiger partial charge on any atom is 0.314 e. The number of nitrogens with one attached hydrogen (secondary N) is 1. The molecule has 2 aliphatic heterocycles. The number of benzene rings is 2. The number of piperidine rings is 2. The first-order valence-electron chi connectivity index (χ1n) is 10.6. The van der Waals surface area contributed by atoms with Gasteiger partial charge in [-0.05, 0) is 61.3 Å². The average molecular weight is 497 g/mol. The van der Waals surface area contributed by atoms with Gasteiger partial charge in [-0.2, -0.15) is 5.26 Å². The van der Waals surface area contributed by atoms with Gasteiger partial charge in [-0.25, -0.2) is 0 Å². The van der Waals surface area contributed by atoms with Gasteiger partial charge in [-0.1, -0.05) is 47.5 Å². The Morgan fingerprint density at radius 1 is 0.906 bits per heavy atom. The lowest BCUT2D eigenvalue weighted by Gasteiger charge is -2.32. The Labute approximate surface area is 205 Å². The van der Waals surface area contributed by atoms with Crippen molar-refractivity contribution in [2.75, 3.05) is 26.2 Å². The maximum absolute atomic E-state index is 11.5. The van der Waals surface area contributed by atoms with Crippen molar-refractivity contribution in [3.63, 3.8) is 0 Å². The van der Waals surface area contributed by atoms with E-state index in [2.05, 4.69) is 16.7 Å². The molecule has 0 saturated carbocycles. The van der Waals surface area contributed by atoms with E-state index >= 15 is 0 Å². The number of halogens is 3. The minimum absolute atomic E-state index is 0. The van der Waals surface area contributed by atoms with Crippen LogP contribution in [0.25, 0.3) is 0 Å². The molecule has 0 aromatic heterocycles. The van der Waals surface area contributed by atoms with E-state index in [1.807, 2.05) is 36.4 Å². The molecule has 172 valence electrons. The third-order valence-corrected chi connectivity index (χ3v) is 6.93. The van der Waals surface area contributed by atoms with Crippen molar-refractivity contribution < 1.29 is 27.6 Å². The second kappa shape index (κ2) is 11.9. The summed E-state index contributed by atoms with van der Waals surface area (Å²) in [5.74, 6) is -0.720. The van der Waals surface area contributed by atoms with E-state index in [4.69, 9.17) is 23.2 Å². The fourth-order valence-electron chi connectivity index (χ4n) is 4.45. The molecule has 0 atom stereocenters. The van der Waals surface area contributed by atoms with Gasteiger partial charge in [-0.3, -0.25) is 4.79 Å². The molecule has 0 spiro atoms. The van der Waals surface area contributed by atoms with Crippen molar-refractivity contribution in [2.45, 2.75) is 36.5 Å². The van der Waals surface area contributed by atoms with E-state index in [-0.39, 0.29) is 17.8 Å². The highest BCUT2D eigenvalue weighted by Gasteiger charge is 2.42. The molecule has 4 rings (SSSR count). The monoisotopic (exact) mass is 495 g/mol. The predicted molar refractivity (Wildman–Crippen MR) is 123 cm³/mol. The molecule has 0 amide bonds. The number of carboxylic acid groups (broad SMARTS) is 1.